The van der Waals surface area contributed by atoms with Gasteiger partial charge in [0, 0.05) is 19.7 Å². The van der Waals surface area contributed by atoms with E-state index in [4.69, 9.17) is 0 Å². The maximum absolute atomic E-state index is 12.1. The molecule has 2 aromatic carbocycles. The van der Waals surface area contributed by atoms with Gasteiger partial charge in [-0.15, -0.1) is 0 Å². The predicted molar refractivity (Wildman–Crippen MR) is 76.5 cm³/mol. The number of carbonyl (C=O) groups is 1. The van der Waals surface area contributed by atoms with Crippen molar-refractivity contribution >= 4 is 22.9 Å². The Morgan fingerprint density at radius 1 is 1.32 bits per heavy atom. The molecule has 0 unspecified atom stereocenters. The molecule has 0 radical (unpaired) electrons. The Balaban J connectivity index is 2.56. The lowest BCUT2D eigenvalue weighted by molar-refractivity contribution is 0.0964. The summed E-state index contributed by atoms with van der Waals surface area (Å²) in [6.45, 7) is 0. The van der Waals surface area contributed by atoms with Gasteiger partial charge < -0.3 is 10.2 Å². The topological polar surface area (TPSA) is 50.7 Å². The van der Waals surface area contributed by atoms with Crippen molar-refractivity contribution in [2.75, 3.05) is 14.2 Å². The fourth-order valence-corrected chi connectivity index (χ4v) is 2.09. The molecular formula is C15H16N2O2. The third kappa shape index (κ3) is 2.73. The van der Waals surface area contributed by atoms with Gasteiger partial charge in [0.25, 0.3) is 5.91 Å². The molecule has 1 amide bonds. The van der Waals surface area contributed by atoms with Gasteiger partial charge in [0.1, 0.15) is 7.11 Å². The molecule has 0 fully saturated rings. The van der Waals surface area contributed by atoms with Crippen LogP contribution in [0.15, 0.2) is 41.6 Å². The first-order chi connectivity index (χ1) is 9.27. The molecule has 1 N–H and O–H groups in total. The van der Waals surface area contributed by atoms with Crippen LogP contribution in [0.4, 0.5) is 0 Å². The molecule has 19 heavy (non-hydrogen) atoms. The van der Waals surface area contributed by atoms with Crippen LogP contribution in [-0.4, -0.2) is 26.3 Å². The zero-order valence-corrected chi connectivity index (χ0v) is 11.0. The minimum atomic E-state index is -0.0855. The standard InChI is InChI=1S/C15H16N2O2/c1-16-15(18)14-12(9-10-17-19-2)8-7-11-5-3-4-6-13(11)14/h3-8,10H,9H2,1-2H3,(H,16,18). The average molecular weight is 256 g/mol. The van der Waals surface area contributed by atoms with Gasteiger partial charge in [0.15, 0.2) is 0 Å². The van der Waals surface area contributed by atoms with Gasteiger partial charge in [-0.2, -0.15) is 0 Å². The second-order valence-corrected chi connectivity index (χ2v) is 4.07. The van der Waals surface area contributed by atoms with Gasteiger partial charge in [0.05, 0.1) is 5.56 Å². The van der Waals surface area contributed by atoms with E-state index in [0.29, 0.717) is 12.0 Å². The van der Waals surface area contributed by atoms with Crippen LogP contribution in [0.3, 0.4) is 0 Å². The van der Waals surface area contributed by atoms with Crippen LogP contribution in [0, 0.1) is 0 Å². The van der Waals surface area contributed by atoms with Gasteiger partial charge in [-0.3, -0.25) is 4.79 Å². The fraction of sp³-hybridized carbons (Fsp3) is 0.200. The fourth-order valence-electron chi connectivity index (χ4n) is 2.09. The molecule has 0 spiro atoms. The van der Waals surface area contributed by atoms with Crippen molar-refractivity contribution in [1.29, 1.82) is 0 Å². The number of rotatable bonds is 4. The van der Waals surface area contributed by atoms with Gasteiger partial charge >= 0.3 is 0 Å². The summed E-state index contributed by atoms with van der Waals surface area (Å²) in [6.07, 6.45) is 2.21. The number of benzene rings is 2. The minimum absolute atomic E-state index is 0.0855. The van der Waals surface area contributed by atoms with Crippen molar-refractivity contribution in [3.63, 3.8) is 0 Å². The Morgan fingerprint density at radius 3 is 2.84 bits per heavy atom. The summed E-state index contributed by atoms with van der Waals surface area (Å²) >= 11 is 0. The van der Waals surface area contributed by atoms with Crippen molar-refractivity contribution in [3.8, 4) is 0 Å². The SMILES string of the molecule is CNC(=O)c1c(CC=NOC)ccc2ccccc12. The molecule has 0 saturated carbocycles. The molecule has 0 aliphatic heterocycles. The van der Waals surface area contributed by atoms with Crippen LogP contribution < -0.4 is 5.32 Å². The Kier molecular flexibility index (Phi) is 4.13. The summed E-state index contributed by atoms with van der Waals surface area (Å²) in [5.74, 6) is -0.0855. The highest BCUT2D eigenvalue weighted by molar-refractivity contribution is 6.08. The molecule has 0 saturated heterocycles. The summed E-state index contributed by atoms with van der Waals surface area (Å²) in [5, 5.41) is 8.41. The smallest absolute Gasteiger partial charge is 0.251 e. The van der Waals surface area contributed by atoms with E-state index in [9.17, 15) is 4.79 Å². The Hall–Kier alpha value is -2.36. The summed E-state index contributed by atoms with van der Waals surface area (Å²) in [5.41, 5.74) is 1.63. The van der Waals surface area contributed by atoms with Crippen LogP contribution in [-0.2, 0) is 11.3 Å². The molecule has 0 heterocycles. The molecule has 0 aromatic heterocycles. The zero-order chi connectivity index (χ0) is 13.7. The first-order valence-corrected chi connectivity index (χ1v) is 6.05. The highest BCUT2D eigenvalue weighted by Gasteiger charge is 2.13. The number of fused-ring (bicyclic) bond motifs is 1. The van der Waals surface area contributed by atoms with E-state index in [1.807, 2.05) is 36.4 Å². The average Bonchev–Trinajstić information content (AvgIpc) is 2.46. The Labute approximate surface area is 112 Å². The summed E-state index contributed by atoms with van der Waals surface area (Å²) in [4.78, 5) is 16.7. The van der Waals surface area contributed by atoms with Gasteiger partial charge in [0.2, 0.25) is 0 Å². The number of oxime groups is 1. The van der Waals surface area contributed by atoms with Crippen molar-refractivity contribution in [2.45, 2.75) is 6.42 Å². The largest absolute Gasteiger partial charge is 0.399 e. The number of amides is 1. The van der Waals surface area contributed by atoms with Crippen LogP contribution in [0.25, 0.3) is 10.8 Å². The van der Waals surface area contributed by atoms with Crippen LogP contribution >= 0.6 is 0 Å². The summed E-state index contributed by atoms with van der Waals surface area (Å²) in [6, 6.07) is 11.8. The predicted octanol–water partition coefficient (Wildman–Crippen LogP) is 2.37. The van der Waals surface area contributed by atoms with Crippen LogP contribution in [0.2, 0.25) is 0 Å². The minimum Gasteiger partial charge on any atom is -0.399 e. The number of hydrogen-bond donors (Lipinski definition) is 1. The van der Waals surface area contributed by atoms with Gasteiger partial charge in [-0.05, 0) is 16.3 Å². The van der Waals surface area contributed by atoms with Crippen molar-refractivity contribution < 1.29 is 9.63 Å². The van der Waals surface area contributed by atoms with Crippen molar-refractivity contribution in [1.82, 2.24) is 5.32 Å². The first-order valence-electron chi connectivity index (χ1n) is 6.05. The van der Waals surface area contributed by atoms with Crippen LogP contribution in [0.1, 0.15) is 15.9 Å². The second-order valence-electron chi connectivity index (χ2n) is 4.07. The van der Waals surface area contributed by atoms with Gasteiger partial charge in [-0.1, -0.05) is 41.6 Å². The zero-order valence-electron chi connectivity index (χ0n) is 11.0. The summed E-state index contributed by atoms with van der Waals surface area (Å²) < 4.78 is 0. The van der Waals surface area contributed by atoms with E-state index in [0.717, 1.165) is 16.3 Å². The molecule has 4 nitrogen and oxygen atoms in total. The van der Waals surface area contributed by atoms with Crippen molar-refractivity contribution in [2.24, 2.45) is 5.16 Å². The Bertz CT molecular complexity index is 621. The monoisotopic (exact) mass is 256 g/mol. The van der Waals surface area contributed by atoms with Gasteiger partial charge in [-0.25, -0.2) is 0 Å². The van der Waals surface area contributed by atoms with E-state index >= 15 is 0 Å². The van der Waals surface area contributed by atoms with E-state index in [1.165, 1.54) is 7.11 Å². The molecule has 98 valence electrons. The lowest BCUT2D eigenvalue weighted by Gasteiger charge is -2.10. The first kappa shape index (κ1) is 13.1. The molecule has 0 bridgehead atoms. The number of hydrogen-bond acceptors (Lipinski definition) is 3. The third-order valence-electron chi connectivity index (χ3n) is 2.96. The molecule has 2 rings (SSSR count). The van der Waals surface area contributed by atoms with Crippen molar-refractivity contribution in [3.05, 3.63) is 47.5 Å². The third-order valence-corrected chi connectivity index (χ3v) is 2.96. The highest BCUT2D eigenvalue weighted by atomic mass is 16.6. The maximum atomic E-state index is 12.1. The molecule has 2 aromatic rings. The molecular weight excluding hydrogens is 240 g/mol. The number of carbonyl (C=O) groups excluding carboxylic acids is 1. The normalized spacial score (nSPS) is 10.8. The van der Waals surface area contributed by atoms with E-state index in [2.05, 4.69) is 15.3 Å². The number of nitrogens with zero attached hydrogens (tertiary/aromatic N) is 1. The van der Waals surface area contributed by atoms with E-state index < -0.39 is 0 Å². The highest BCUT2D eigenvalue weighted by Crippen LogP contribution is 2.22. The molecule has 0 atom stereocenters. The van der Waals surface area contributed by atoms with E-state index in [-0.39, 0.29) is 5.91 Å². The molecule has 0 aliphatic rings. The quantitative estimate of drug-likeness (QED) is 0.674. The second kappa shape index (κ2) is 6.00. The number of nitrogens with one attached hydrogen (secondary N) is 1. The lowest BCUT2D eigenvalue weighted by atomic mass is 9.96. The lowest BCUT2D eigenvalue weighted by Crippen LogP contribution is -2.20. The maximum Gasteiger partial charge on any atom is 0.251 e. The van der Waals surface area contributed by atoms with E-state index in [1.54, 1.807) is 13.3 Å². The molecule has 0 aliphatic carbocycles. The molecule has 4 heteroatoms. The van der Waals surface area contributed by atoms with Crippen LogP contribution in [0.5, 0.6) is 0 Å². The summed E-state index contributed by atoms with van der Waals surface area (Å²) in [7, 11) is 3.13. The Morgan fingerprint density at radius 2 is 2.11 bits per heavy atom.